The van der Waals surface area contributed by atoms with Crippen LogP contribution in [0.15, 0.2) is 79.0 Å². The Kier molecular flexibility index (Phi) is 7.45. The van der Waals surface area contributed by atoms with E-state index in [0.717, 1.165) is 34.0 Å². The van der Waals surface area contributed by atoms with Crippen LogP contribution in [-0.2, 0) is 13.0 Å². The molecule has 0 bridgehead atoms. The van der Waals surface area contributed by atoms with Crippen molar-refractivity contribution in [3.05, 3.63) is 106 Å². The molecule has 0 spiro atoms. The molecule has 2 atom stereocenters. The van der Waals surface area contributed by atoms with Gasteiger partial charge in [-0.3, -0.25) is 4.79 Å². The first-order valence-corrected chi connectivity index (χ1v) is 11.5. The van der Waals surface area contributed by atoms with Gasteiger partial charge < -0.3 is 20.7 Å². The molecule has 4 aromatic rings. The summed E-state index contributed by atoms with van der Waals surface area (Å²) in [4.78, 5) is 16.1. The van der Waals surface area contributed by atoms with Gasteiger partial charge in [0.1, 0.15) is 0 Å². The van der Waals surface area contributed by atoms with E-state index in [1.807, 2.05) is 66.9 Å². The molecular weight excluding hydrogens is 434 g/mol. The highest BCUT2D eigenvalue weighted by Gasteiger charge is 2.16. The van der Waals surface area contributed by atoms with Gasteiger partial charge in [-0.15, -0.1) is 0 Å². The van der Waals surface area contributed by atoms with Crippen LogP contribution in [0.4, 0.5) is 0 Å². The molecule has 0 saturated heterocycles. The van der Waals surface area contributed by atoms with Gasteiger partial charge in [0, 0.05) is 35.7 Å². The molecule has 4 N–H and O–H groups in total. The van der Waals surface area contributed by atoms with Crippen LogP contribution >= 0.6 is 11.6 Å². The molecule has 5 nitrogen and oxygen atoms in total. The third-order valence-electron chi connectivity index (χ3n) is 5.76. The lowest BCUT2D eigenvalue weighted by atomic mass is 10.0. The minimum absolute atomic E-state index is 0.103. The van der Waals surface area contributed by atoms with E-state index in [0.29, 0.717) is 23.7 Å². The molecular formula is C27H28ClN3O2. The van der Waals surface area contributed by atoms with Crippen LogP contribution < -0.4 is 10.6 Å². The van der Waals surface area contributed by atoms with Crippen molar-refractivity contribution < 1.29 is 9.90 Å². The Morgan fingerprint density at radius 1 is 1.06 bits per heavy atom. The molecule has 0 unspecified atom stereocenters. The Labute approximate surface area is 198 Å². The molecule has 6 heteroatoms. The topological polar surface area (TPSA) is 77.2 Å². The van der Waals surface area contributed by atoms with Crippen LogP contribution in [0.2, 0.25) is 5.02 Å². The number of hydrogen-bond acceptors (Lipinski definition) is 3. The molecule has 0 aliphatic heterocycles. The third kappa shape index (κ3) is 5.82. The Morgan fingerprint density at radius 3 is 2.64 bits per heavy atom. The van der Waals surface area contributed by atoms with Crippen LogP contribution in [0.1, 0.15) is 40.1 Å². The number of carbonyl (C=O) groups excluding carboxylic acids is 1. The standard InChI is InChI=1S/C27H28ClN3O2/c1-18(29-17-25(32)20-9-5-10-22(28)14-20)13-21-16-30-26-23(21)11-6-12-24(26)27(33)31-15-19-7-3-2-4-8-19/h2-12,14,16,18,25,29-30,32H,13,15,17H2,1H3,(H,31,33)/t18-,25+/m1/s1. The van der Waals surface area contributed by atoms with Crippen molar-refractivity contribution in [2.75, 3.05) is 6.54 Å². The first-order valence-electron chi connectivity index (χ1n) is 11.1. The van der Waals surface area contributed by atoms with Gasteiger partial charge in [-0.1, -0.05) is 66.2 Å². The fraction of sp³-hybridized carbons (Fsp3) is 0.222. The highest BCUT2D eigenvalue weighted by molar-refractivity contribution is 6.30. The van der Waals surface area contributed by atoms with Crippen molar-refractivity contribution in [1.29, 1.82) is 0 Å². The van der Waals surface area contributed by atoms with Crippen LogP contribution in [0.25, 0.3) is 10.9 Å². The average molecular weight is 462 g/mol. The lowest BCUT2D eigenvalue weighted by Gasteiger charge is -2.17. The number of hydrogen-bond donors (Lipinski definition) is 4. The van der Waals surface area contributed by atoms with E-state index in [-0.39, 0.29) is 11.9 Å². The Bertz CT molecular complexity index is 1220. The lowest BCUT2D eigenvalue weighted by Crippen LogP contribution is -2.32. The van der Waals surface area contributed by atoms with Crippen molar-refractivity contribution >= 4 is 28.4 Å². The molecule has 4 rings (SSSR count). The van der Waals surface area contributed by atoms with Crippen molar-refractivity contribution in [3.8, 4) is 0 Å². The zero-order valence-electron chi connectivity index (χ0n) is 18.5. The summed E-state index contributed by atoms with van der Waals surface area (Å²) in [5, 5.41) is 18.5. The average Bonchev–Trinajstić information content (AvgIpc) is 3.24. The number of fused-ring (bicyclic) bond motifs is 1. The molecule has 1 amide bonds. The third-order valence-corrected chi connectivity index (χ3v) is 6.00. The zero-order chi connectivity index (χ0) is 23.2. The maximum Gasteiger partial charge on any atom is 0.253 e. The molecule has 0 aliphatic rings. The summed E-state index contributed by atoms with van der Waals surface area (Å²) in [5.74, 6) is -0.103. The van der Waals surface area contributed by atoms with Gasteiger partial charge in [0.05, 0.1) is 17.2 Å². The number of aromatic nitrogens is 1. The minimum Gasteiger partial charge on any atom is -0.387 e. The molecule has 0 radical (unpaired) electrons. The molecule has 0 saturated carbocycles. The van der Waals surface area contributed by atoms with Gasteiger partial charge >= 0.3 is 0 Å². The number of nitrogens with one attached hydrogen (secondary N) is 3. The normalized spacial score (nSPS) is 13.1. The predicted octanol–water partition coefficient (Wildman–Crippen LogP) is 5.01. The monoisotopic (exact) mass is 461 g/mol. The summed E-state index contributed by atoms with van der Waals surface area (Å²) in [6.45, 7) is 3.00. The number of aliphatic hydroxyl groups is 1. The second-order valence-corrected chi connectivity index (χ2v) is 8.73. The summed E-state index contributed by atoms with van der Waals surface area (Å²) >= 11 is 6.02. The van der Waals surface area contributed by atoms with Gasteiger partial charge in [-0.05, 0) is 48.2 Å². The highest BCUT2D eigenvalue weighted by atomic mass is 35.5. The maximum absolute atomic E-state index is 12.8. The Morgan fingerprint density at radius 2 is 1.85 bits per heavy atom. The Balaban J connectivity index is 1.39. The van der Waals surface area contributed by atoms with Crippen molar-refractivity contribution in [2.45, 2.75) is 32.0 Å². The fourth-order valence-corrected chi connectivity index (χ4v) is 4.19. The van der Waals surface area contributed by atoms with E-state index in [1.165, 1.54) is 0 Å². The summed E-state index contributed by atoms with van der Waals surface area (Å²) in [5.41, 5.74) is 4.45. The van der Waals surface area contributed by atoms with Gasteiger partial charge in [0.15, 0.2) is 0 Å². The maximum atomic E-state index is 12.8. The SMILES string of the molecule is C[C@H](Cc1c[nH]c2c(C(=O)NCc3ccccc3)cccc12)NC[C@H](O)c1cccc(Cl)c1. The number of halogens is 1. The summed E-state index contributed by atoms with van der Waals surface area (Å²) in [6, 6.07) is 23.1. The summed E-state index contributed by atoms with van der Waals surface area (Å²) in [7, 11) is 0. The van der Waals surface area contributed by atoms with Gasteiger partial charge in [-0.2, -0.15) is 0 Å². The molecule has 0 aliphatic carbocycles. The van der Waals surface area contributed by atoms with Crippen molar-refractivity contribution in [2.24, 2.45) is 0 Å². The number of rotatable bonds is 9. The number of amides is 1. The second-order valence-electron chi connectivity index (χ2n) is 8.29. The van der Waals surface area contributed by atoms with Crippen molar-refractivity contribution in [3.63, 3.8) is 0 Å². The second kappa shape index (κ2) is 10.7. The number of aliphatic hydroxyl groups excluding tert-OH is 1. The molecule has 33 heavy (non-hydrogen) atoms. The van der Waals surface area contributed by atoms with Gasteiger partial charge in [0.2, 0.25) is 0 Å². The molecule has 1 heterocycles. The lowest BCUT2D eigenvalue weighted by molar-refractivity contribution is 0.0952. The van der Waals surface area contributed by atoms with Crippen LogP contribution in [0, 0.1) is 0 Å². The van der Waals surface area contributed by atoms with Crippen LogP contribution in [-0.4, -0.2) is 28.6 Å². The van der Waals surface area contributed by atoms with Gasteiger partial charge in [0.25, 0.3) is 5.91 Å². The number of benzene rings is 3. The molecule has 1 aromatic heterocycles. The van der Waals surface area contributed by atoms with E-state index >= 15 is 0 Å². The van der Waals surface area contributed by atoms with Gasteiger partial charge in [-0.25, -0.2) is 0 Å². The molecule has 3 aromatic carbocycles. The Hall–Kier alpha value is -3.12. The van der Waals surface area contributed by atoms with E-state index in [2.05, 4.69) is 22.5 Å². The number of aromatic amines is 1. The fourth-order valence-electron chi connectivity index (χ4n) is 3.99. The van der Waals surface area contributed by atoms with E-state index in [9.17, 15) is 9.90 Å². The largest absolute Gasteiger partial charge is 0.387 e. The summed E-state index contributed by atoms with van der Waals surface area (Å²) in [6.07, 6.45) is 2.09. The van der Waals surface area contributed by atoms with Crippen LogP contribution in [0.3, 0.4) is 0 Å². The highest BCUT2D eigenvalue weighted by Crippen LogP contribution is 2.23. The molecule has 0 fully saturated rings. The number of H-pyrrole nitrogens is 1. The first kappa shape index (κ1) is 23.1. The smallest absolute Gasteiger partial charge is 0.253 e. The quantitative estimate of drug-likeness (QED) is 0.283. The van der Waals surface area contributed by atoms with Crippen molar-refractivity contribution in [1.82, 2.24) is 15.6 Å². The predicted molar refractivity (Wildman–Crippen MR) is 133 cm³/mol. The number of carbonyl (C=O) groups is 1. The molecule has 170 valence electrons. The minimum atomic E-state index is -0.631. The first-order chi connectivity index (χ1) is 16.0. The van der Waals surface area contributed by atoms with Crippen LogP contribution in [0.5, 0.6) is 0 Å². The van der Waals surface area contributed by atoms with E-state index < -0.39 is 6.10 Å². The van der Waals surface area contributed by atoms with E-state index in [1.54, 1.807) is 12.1 Å². The zero-order valence-corrected chi connectivity index (χ0v) is 19.3. The summed E-state index contributed by atoms with van der Waals surface area (Å²) < 4.78 is 0. The van der Waals surface area contributed by atoms with E-state index in [4.69, 9.17) is 11.6 Å². The number of para-hydroxylation sites is 1.